The van der Waals surface area contributed by atoms with E-state index in [1.54, 1.807) is 6.92 Å². The summed E-state index contributed by atoms with van der Waals surface area (Å²) in [4.78, 5) is 92.9. The summed E-state index contributed by atoms with van der Waals surface area (Å²) in [5.41, 5.74) is 4.11. The number of thioether (sulfide) groups is 1. The van der Waals surface area contributed by atoms with Gasteiger partial charge >= 0.3 is 18.9 Å². The second-order valence-electron chi connectivity index (χ2n) is 11.6. The smallest absolute Gasteiger partial charge is 0.756 e. The van der Waals surface area contributed by atoms with Crippen molar-refractivity contribution in [3.8, 4) is 0 Å². The topological polar surface area (TPSA) is 372 Å². The Kier molecular flexibility index (Phi) is 17.7. The number of aromatic nitrogens is 4. The molecule has 3 heterocycles. The van der Waals surface area contributed by atoms with Crippen molar-refractivity contribution in [2.45, 2.75) is 64.3 Å². The maximum Gasteiger partial charge on any atom is 1.00 e. The first-order valence-electron chi connectivity index (χ1n) is 15.0. The monoisotopic (exact) mass is 827 g/mol. The minimum absolute atomic E-state index is 0. The SMILES string of the molecule is CCC(=O)SCCNC(=O)CCNC(=O)C(O)C(C)(C)COP(=O)([O-])OP(=O)([O-])OCC1OC(n2cnc3c(N)ncnc32)C(O)C1OP(=O)([O-])O.[Li+]. The third-order valence-electron chi connectivity index (χ3n) is 7.03. The molecule has 1 aliphatic rings. The van der Waals surface area contributed by atoms with Crippen LogP contribution in [0.25, 0.3) is 11.2 Å². The molecule has 8 atom stereocenters. The normalized spacial score (nSPS) is 22.9. The Hall–Kier alpha value is -1.84. The molecule has 29 heteroatoms. The van der Waals surface area contributed by atoms with Gasteiger partial charge in [0.25, 0.3) is 23.5 Å². The first-order valence-corrected chi connectivity index (χ1v) is 20.5. The molecule has 294 valence electrons. The zero-order valence-electron chi connectivity index (χ0n) is 28.7. The summed E-state index contributed by atoms with van der Waals surface area (Å²) >= 11 is 1.06. The van der Waals surface area contributed by atoms with Gasteiger partial charge in [0.05, 0.1) is 19.5 Å². The summed E-state index contributed by atoms with van der Waals surface area (Å²) in [7, 11) is -17.3. The molecule has 53 heavy (non-hydrogen) atoms. The number of phosphoric ester groups is 3. The Morgan fingerprint density at radius 1 is 1.11 bits per heavy atom. The molecule has 1 aliphatic heterocycles. The van der Waals surface area contributed by atoms with Gasteiger partial charge in [-0.25, -0.2) is 19.3 Å². The van der Waals surface area contributed by atoms with Crippen molar-refractivity contribution < 1.29 is 99.3 Å². The molecule has 0 bridgehead atoms. The number of hydrogen-bond acceptors (Lipinski definition) is 21. The van der Waals surface area contributed by atoms with Crippen LogP contribution in [0.15, 0.2) is 12.7 Å². The van der Waals surface area contributed by atoms with E-state index in [1.807, 2.05) is 0 Å². The van der Waals surface area contributed by atoms with Gasteiger partial charge in [-0.2, -0.15) is 0 Å². The van der Waals surface area contributed by atoms with Crippen molar-refractivity contribution in [3.63, 3.8) is 0 Å². The summed E-state index contributed by atoms with van der Waals surface area (Å²) in [5, 5.41) is 26.1. The largest absolute Gasteiger partial charge is 1.00 e. The molecule has 2 amide bonds. The van der Waals surface area contributed by atoms with Crippen LogP contribution in [0.4, 0.5) is 5.82 Å². The molecule has 8 unspecified atom stereocenters. The molecule has 0 aliphatic carbocycles. The molecule has 1 fully saturated rings. The van der Waals surface area contributed by atoms with Gasteiger partial charge in [0.2, 0.25) is 11.8 Å². The second-order valence-corrected chi connectivity index (χ2v) is 16.8. The third-order valence-corrected chi connectivity index (χ3v) is 11.1. The second kappa shape index (κ2) is 19.8. The average Bonchev–Trinajstić information content (AvgIpc) is 3.60. The molecule has 1 saturated heterocycles. The number of nitrogens with zero attached hydrogens (tertiary/aromatic N) is 4. The Bertz CT molecular complexity index is 1740. The number of rotatable bonds is 20. The number of carbonyl (C=O) groups excluding carboxylic acids is 3. The van der Waals surface area contributed by atoms with Crippen molar-refractivity contribution in [3.05, 3.63) is 12.7 Å². The van der Waals surface area contributed by atoms with Gasteiger partial charge in [0.1, 0.15) is 36.3 Å². The summed E-state index contributed by atoms with van der Waals surface area (Å²) in [5.74, 6) is -1.16. The van der Waals surface area contributed by atoms with Gasteiger partial charge in [-0.1, -0.05) is 32.5 Å². The van der Waals surface area contributed by atoms with E-state index in [-0.39, 0.29) is 60.5 Å². The Labute approximate surface area is 317 Å². The van der Waals surface area contributed by atoms with E-state index in [0.717, 1.165) is 29.0 Å². The minimum Gasteiger partial charge on any atom is -0.756 e. The molecule has 0 saturated carbocycles. The Morgan fingerprint density at radius 2 is 1.77 bits per heavy atom. The fraction of sp³-hybridized carbons (Fsp3) is 0.667. The van der Waals surface area contributed by atoms with E-state index in [2.05, 4.69) is 43.5 Å². The first kappa shape index (κ1) is 47.3. The minimum atomic E-state index is -5.89. The zero-order chi connectivity index (χ0) is 39.1. The van der Waals surface area contributed by atoms with Crippen LogP contribution in [0.3, 0.4) is 0 Å². The number of amides is 2. The van der Waals surface area contributed by atoms with Gasteiger partial charge in [-0.15, -0.1) is 0 Å². The van der Waals surface area contributed by atoms with Gasteiger partial charge < -0.3 is 64.5 Å². The fourth-order valence-corrected chi connectivity index (χ4v) is 7.76. The molecule has 2 aromatic heterocycles. The van der Waals surface area contributed by atoms with Crippen LogP contribution in [0.1, 0.15) is 39.8 Å². The molecule has 3 rings (SSSR count). The van der Waals surface area contributed by atoms with E-state index in [9.17, 15) is 57.9 Å². The quantitative estimate of drug-likeness (QED) is 0.0411. The standard InChI is InChI=1S/C24H40N7O17P3S.Li/c1-4-15(33)52-8-7-26-14(32)5-6-27-22(36)19(35)24(2,3)10-45-51(42,43)48-50(40,41)44-9-13-18(47-49(37,38)39)17(34)23(46-13)31-12-30-16-20(25)28-11-29-21(16)31;/h11-13,17-19,23,34-35H,4-10H2,1-3H3,(H,26,32)(H,27,36)(H,40,41)(H,42,43)(H2,25,28,29)(H2,37,38,39);/q;+1/p-3. The number of nitrogens with two attached hydrogens (primary N) is 1. The molecule has 0 aromatic carbocycles. The number of nitrogens with one attached hydrogen (secondary N) is 2. The van der Waals surface area contributed by atoms with Crippen LogP contribution >= 0.6 is 35.2 Å². The molecular weight excluding hydrogens is 790 g/mol. The number of ether oxygens (including phenoxy) is 1. The molecule has 2 aromatic rings. The molecule has 0 spiro atoms. The van der Waals surface area contributed by atoms with Crippen molar-refractivity contribution in [2.75, 3.05) is 37.8 Å². The molecular formula is C24H37LiN7O17P3S-2. The van der Waals surface area contributed by atoms with E-state index >= 15 is 0 Å². The molecule has 0 radical (unpaired) electrons. The number of aliphatic hydroxyl groups excluding tert-OH is 2. The van der Waals surface area contributed by atoms with Crippen molar-refractivity contribution >= 4 is 69.1 Å². The van der Waals surface area contributed by atoms with Gasteiger partial charge in [-0.05, 0) is 0 Å². The Balaban J connectivity index is 0.00000972. The van der Waals surface area contributed by atoms with Crippen molar-refractivity contribution in [2.24, 2.45) is 5.41 Å². The molecule has 7 N–H and O–H groups in total. The summed E-state index contributed by atoms with van der Waals surface area (Å²) in [6, 6.07) is 0. The number of phosphoric acid groups is 3. The van der Waals surface area contributed by atoms with Gasteiger partial charge in [0, 0.05) is 37.1 Å². The van der Waals surface area contributed by atoms with Crippen LogP contribution in [-0.2, 0) is 50.7 Å². The van der Waals surface area contributed by atoms with Crippen LogP contribution in [0.5, 0.6) is 0 Å². The fourth-order valence-electron chi connectivity index (χ4n) is 4.38. The number of fused-ring (bicyclic) bond motifs is 1. The van der Waals surface area contributed by atoms with Crippen LogP contribution in [-0.4, -0.2) is 108 Å². The van der Waals surface area contributed by atoms with Crippen molar-refractivity contribution in [1.82, 2.24) is 30.2 Å². The maximum absolute atomic E-state index is 12.5. The number of aliphatic hydroxyl groups is 2. The summed E-state index contributed by atoms with van der Waals surface area (Å²) in [6.07, 6.45) is -6.99. The predicted octanol–water partition coefficient (Wildman–Crippen LogP) is -5.82. The van der Waals surface area contributed by atoms with E-state index in [4.69, 9.17) is 10.5 Å². The third kappa shape index (κ3) is 14.3. The number of nitrogen functional groups attached to an aromatic ring is 1. The van der Waals surface area contributed by atoms with E-state index in [0.29, 0.717) is 12.2 Å². The number of anilines is 1. The predicted molar refractivity (Wildman–Crippen MR) is 171 cm³/mol. The zero-order valence-corrected chi connectivity index (χ0v) is 32.2. The van der Waals surface area contributed by atoms with Crippen molar-refractivity contribution in [1.29, 1.82) is 0 Å². The maximum atomic E-state index is 12.5. The number of hydrogen-bond donors (Lipinski definition) is 6. The number of imidazole rings is 1. The van der Waals surface area contributed by atoms with Crippen LogP contribution in [0, 0.1) is 5.41 Å². The Morgan fingerprint density at radius 3 is 2.42 bits per heavy atom. The molecule has 24 nitrogen and oxygen atoms in total. The first-order chi connectivity index (χ1) is 24.1. The van der Waals surface area contributed by atoms with E-state index in [1.165, 1.54) is 13.8 Å². The summed E-state index contributed by atoms with van der Waals surface area (Å²) < 4.78 is 60.6. The number of carbonyl (C=O) groups is 3. The van der Waals surface area contributed by atoms with E-state index < -0.39 is 84.6 Å². The van der Waals surface area contributed by atoms with Gasteiger partial charge in [-0.3, -0.25) is 32.6 Å². The summed E-state index contributed by atoms with van der Waals surface area (Å²) in [6.45, 7) is 1.89. The van der Waals surface area contributed by atoms with Gasteiger partial charge in [0.15, 0.2) is 22.8 Å². The average molecular weight is 828 g/mol. The van der Waals surface area contributed by atoms with Crippen LogP contribution in [0.2, 0.25) is 0 Å². The van der Waals surface area contributed by atoms with Crippen LogP contribution < -0.4 is 49.9 Å².